The fourth-order valence-corrected chi connectivity index (χ4v) is 3.06. The lowest BCUT2D eigenvalue weighted by atomic mass is 9.95. The number of rotatable bonds is 1. The molecule has 0 atom stereocenters. The molecule has 2 aliphatic heterocycles. The second-order valence-electron chi connectivity index (χ2n) is 5.58. The standard InChI is InChI=1S/C15H19N3O2/c1-11(19)17-7-4-12(5-8-17)15(20)18-9-13-3-2-6-16-14(13)10-18/h2-3,6,12H,4-5,7-10H2,1H3. The minimum Gasteiger partial charge on any atom is -0.343 e. The molecule has 0 aromatic carbocycles. The van der Waals surface area contributed by atoms with E-state index in [1.807, 2.05) is 21.9 Å². The van der Waals surface area contributed by atoms with Gasteiger partial charge in [-0.25, -0.2) is 0 Å². The van der Waals surface area contributed by atoms with Gasteiger partial charge >= 0.3 is 0 Å². The number of piperidine rings is 1. The van der Waals surface area contributed by atoms with Crippen molar-refractivity contribution in [1.82, 2.24) is 14.8 Å². The summed E-state index contributed by atoms with van der Waals surface area (Å²) in [5, 5.41) is 0. The van der Waals surface area contributed by atoms with E-state index in [-0.39, 0.29) is 17.7 Å². The van der Waals surface area contributed by atoms with Crippen molar-refractivity contribution in [3.05, 3.63) is 29.6 Å². The van der Waals surface area contributed by atoms with Gasteiger partial charge in [0, 0.05) is 38.7 Å². The highest BCUT2D eigenvalue weighted by molar-refractivity contribution is 5.80. The maximum atomic E-state index is 12.5. The van der Waals surface area contributed by atoms with E-state index in [9.17, 15) is 9.59 Å². The Bertz CT molecular complexity index is 511. The molecule has 0 aliphatic carbocycles. The first kappa shape index (κ1) is 13.1. The molecule has 5 nitrogen and oxygen atoms in total. The predicted molar refractivity (Wildman–Crippen MR) is 73.5 cm³/mol. The van der Waals surface area contributed by atoms with Crippen LogP contribution in [-0.2, 0) is 22.7 Å². The Hall–Kier alpha value is -1.91. The average Bonchev–Trinajstić information content (AvgIpc) is 2.90. The molecule has 2 amide bonds. The van der Waals surface area contributed by atoms with Crippen LogP contribution < -0.4 is 0 Å². The van der Waals surface area contributed by atoms with Gasteiger partial charge in [-0.1, -0.05) is 6.07 Å². The van der Waals surface area contributed by atoms with Gasteiger partial charge in [0.05, 0.1) is 12.2 Å². The summed E-state index contributed by atoms with van der Waals surface area (Å²) in [6, 6.07) is 3.95. The number of hydrogen-bond acceptors (Lipinski definition) is 3. The molecule has 1 fully saturated rings. The highest BCUT2D eigenvalue weighted by atomic mass is 16.2. The van der Waals surface area contributed by atoms with Crippen molar-refractivity contribution in [3.8, 4) is 0 Å². The van der Waals surface area contributed by atoms with Gasteiger partial charge in [0.25, 0.3) is 0 Å². The van der Waals surface area contributed by atoms with Gasteiger partial charge in [-0.05, 0) is 24.5 Å². The Kier molecular flexibility index (Phi) is 3.42. The van der Waals surface area contributed by atoms with Crippen molar-refractivity contribution in [2.75, 3.05) is 13.1 Å². The van der Waals surface area contributed by atoms with E-state index in [2.05, 4.69) is 4.98 Å². The summed E-state index contributed by atoms with van der Waals surface area (Å²) >= 11 is 0. The maximum Gasteiger partial charge on any atom is 0.226 e. The first-order valence-corrected chi connectivity index (χ1v) is 7.12. The molecule has 0 bridgehead atoms. The number of carbonyl (C=O) groups excluding carboxylic acids is 2. The van der Waals surface area contributed by atoms with Crippen molar-refractivity contribution < 1.29 is 9.59 Å². The number of aromatic nitrogens is 1. The number of fused-ring (bicyclic) bond motifs is 1. The molecule has 1 aromatic rings. The molecular weight excluding hydrogens is 254 g/mol. The normalized spacial score (nSPS) is 19.1. The highest BCUT2D eigenvalue weighted by Crippen LogP contribution is 2.26. The number of amides is 2. The van der Waals surface area contributed by atoms with Gasteiger partial charge in [-0.3, -0.25) is 14.6 Å². The molecule has 0 radical (unpaired) electrons. The second kappa shape index (κ2) is 5.23. The molecule has 1 saturated heterocycles. The fourth-order valence-electron chi connectivity index (χ4n) is 3.06. The Balaban J connectivity index is 1.60. The Labute approximate surface area is 118 Å². The van der Waals surface area contributed by atoms with E-state index in [0.717, 1.165) is 24.1 Å². The van der Waals surface area contributed by atoms with Crippen molar-refractivity contribution >= 4 is 11.8 Å². The smallest absolute Gasteiger partial charge is 0.226 e. The van der Waals surface area contributed by atoms with E-state index in [1.54, 1.807) is 13.1 Å². The lowest BCUT2D eigenvalue weighted by Gasteiger charge is -2.32. The van der Waals surface area contributed by atoms with Crippen molar-refractivity contribution in [2.24, 2.45) is 5.92 Å². The summed E-state index contributed by atoms with van der Waals surface area (Å²) in [5.41, 5.74) is 2.17. The molecule has 2 aliphatic rings. The number of pyridine rings is 1. The van der Waals surface area contributed by atoms with E-state index >= 15 is 0 Å². The van der Waals surface area contributed by atoms with Crippen LogP contribution in [0, 0.1) is 5.92 Å². The van der Waals surface area contributed by atoms with E-state index in [4.69, 9.17) is 0 Å². The minimum absolute atomic E-state index is 0.0555. The summed E-state index contributed by atoms with van der Waals surface area (Å²) in [7, 11) is 0. The first-order chi connectivity index (χ1) is 9.65. The molecule has 1 aromatic heterocycles. The van der Waals surface area contributed by atoms with Crippen molar-refractivity contribution in [2.45, 2.75) is 32.9 Å². The molecule has 0 spiro atoms. The van der Waals surface area contributed by atoms with Crippen LogP contribution in [0.1, 0.15) is 31.0 Å². The summed E-state index contributed by atoms with van der Waals surface area (Å²) in [6.07, 6.45) is 3.33. The summed E-state index contributed by atoms with van der Waals surface area (Å²) in [4.78, 5) is 31.9. The largest absolute Gasteiger partial charge is 0.343 e. The van der Waals surface area contributed by atoms with Crippen LogP contribution in [0.15, 0.2) is 18.3 Å². The highest BCUT2D eigenvalue weighted by Gasteiger charge is 2.32. The SMILES string of the molecule is CC(=O)N1CCC(C(=O)N2Cc3cccnc3C2)CC1. The zero-order valence-corrected chi connectivity index (χ0v) is 11.7. The molecule has 106 valence electrons. The molecule has 20 heavy (non-hydrogen) atoms. The molecule has 0 unspecified atom stereocenters. The number of likely N-dealkylation sites (tertiary alicyclic amines) is 1. The van der Waals surface area contributed by atoms with Gasteiger partial charge in [0.2, 0.25) is 11.8 Å². The van der Waals surface area contributed by atoms with Gasteiger partial charge in [-0.15, -0.1) is 0 Å². The van der Waals surface area contributed by atoms with Crippen LogP contribution >= 0.6 is 0 Å². The van der Waals surface area contributed by atoms with Crippen LogP contribution in [0.3, 0.4) is 0 Å². The topological polar surface area (TPSA) is 53.5 Å². The van der Waals surface area contributed by atoms with Crippen LogP contribution in [0.4, 0.5) is 0 Å². The van der Waals surface area contributed by atoms with Crippen LogP contribution in [0.5, 0.6) is 0 Å². The Morgan fingerprint density at radius 1 is 1.20 bits per heavy atom. The number of carbonyl (C=O) groups is 2. The van der Waals surface area contributed by atoms with Gasteiger partial charge in [0.1, 0.15) is 0 Å². The molecular formula is C15H19N3O2. The van der Waals surface area contributed by atoms with Crippen molar-refractivity contribution in [3.63, 3.8) is 0 Å². The summed E-state index contributed by atoms with van der Waals surface area (Å²) in [6.45, 7) is 4.29. The number of nitrogens with zero attached hydrogens (tertiary/aromatic N) is 3. The molecule has 0 saturated carbocycles. The zero-order valence-electron chi connectivity index (χ0n) is 11.7. The third-order valence-corrected chi connectivity index (χ3v) is 4.29. The monoisotopic (exact) mass is 273 g/mol. The van der Waals surface area contributed by atoms with E-state index in [0.29, 0.717) is 26.2 Å². The van der Waals surface area contributed by atoms with Gasteiger partial charge in [0.15, 0.2) is 0 Å². The predicted octanol–water partition coefficient (Wildman–Crippen LogP) is 1.18. The van der Waals surface area contributed by atoms with Crippen molar-refractivity contribution in [1.29, 1.82) is 0 Å². The van der Waals surface area contributed by atoms with Crippen LogP contribution in [0.2, 0.25) is 0 Å². The number of hydrogen-bond donors (Lipinski definition) is 0. The lowest BCUT2D eigenvalue weighted by Crippen LogP contribution is -2.42. The third-order valence-electron chi connectivity index (χ3n) is 4.29. The first-order valence-electron chi connectivity index (χ1n) is 7.12. The quantitative estimate of drug-likeness (QED) is 0.772. The van der Waals surface area contributed by atoms with E-state index < -0.39 is 0 Å². The average molecular weight is 273 g/mol. The second-order valence-corrected chi connectivity index (χ2v) is 5.58. The third kappa shape index (κ3) is 2.40. The van der Waals surface area contributed by atoms with E-state index in [1.165, 1.54) is 0 Å². The Morgan fingerprint density at radius 3 is 2.60 bits per heavy atom. The fraction of sp³-hybridized carbons (Fsp3) is 0.533. The summed E-state index contributed by atoms with van der Waals surface area (Å²) < 4.78 is 0. The molecule has 3 rings (SSSR count). The molecule has 0 N–H and O–H groups in total. The maximum absolute atomic E-state index is 12.5. The zero-order chi connectivity index (χ0) is 14.1. The van der Waals surface area contributed by atoms with Crippen LogP contribution in [0.25, 0.3) is 0 Å². The molecule has 3 heterocycles. The Morgan fingerprint density at radius 2 is 1.95 bits per heavy atom. The summed E-state index contributed by atoms with van der Waals surface area (Å²) in [5.74, 6) is 0.375. The molecule has 5 heteroatoms. The van der Waals surface area contributed by atoms with Crippen LogP contribution in [-0.4, -0.2) is 39.7 Å². The van der Waals surface area contributed by atoms with Gasteiger partial charge in [-0.2, -0.15) is 0 Å². The minimum atomic E-state index is 0.0555. The van der Waals surface area contributed by atoms with Gasteiger partial charge < -0.3 is 9.80 Å². The lowest BCUT2D eigenvalue weighted by molar-refractivity contribution is -0.140.